The van der Waals surface area contributed by atoms with Crippen molar-refractivity contribution in [2.24, 2.45) is 5.92 Å². The molecule has 0 N–H and O–H groups in total. The van der Waals surface area contributed by atoms with E-state index < -0.39 is 0 Å². The van der Waals surface area contributed by atoms with Crippen molar-refractivity contribution in [2.75, 3.05) is 0 Å². The first kappa shape index (κ1) is 12.5. The number of aryl methyl sites for hydroxylation is 1. The first-order valence-corrected chi connectivity index (χ1v) is 6.25. The Hall–Kier alpha value is -1.96. The summed E-state index contributed by atoms with van der Waals surface area (Å²) in [7, 11) is 0. The molecule has 0 aliphatic rings. The summed E-state index contributed by atoms with van der Waals surface area (Å²) < 4.78 is 0. The number of rotatable bonds is 5. The van der Waals surface area contributed by atoms with Gasteiger partial charge in [-0.05, 0) is 24.5 Å². The third-order valence-electron chi connectivity index (χ3n) is 3.09. The number of hydrogen-bond acceptors (Lipinski definition) is 2. The SMILES string of the molecule is CC(CCc1cccnc1)C(=O)c1ccccc1. The van der Waals surface area contributed by atoms with Crippen molar-refractivity contribution in [1.29, 1.82) is 0 Å². The molecule has 1 heterocycles. The molecule has 18 heavy (non-hydrogen) atoms. The summed E-state index contributed by atoms with van der Waals surface area (Å²) in [5, 5.41) is 0. The van der Waals surface area contributed by atoms with Gasteiger partial charge in [0.2, 0.25) is 0 Å². The van der Waals surface area contributed by atoms with Gasteiger partial charge in [-0.15, -0.1) is 0 Å². The monoisotopic (exact) mass is 239 g/mol. The smallest absolute Gasteiger partial charge is 0.165 e. The highest BCUT2D eigenvalue weighted by Gasteiger charge is 2.14. The van der Waals surface area contributed by atoms with Gasteiger partial charge < -0.3 is 0 Å². The van der Waals surface area contributed by atoms with Crippen molar-refractivity contribution in [3.8, 4) is 0 Å². The van der Waals surface area contributed by atoms with E-state index in [9.17, 15) is 4.79 Å². The number of benzene rings is 1. The second-order valence-corrected chi connectivity index (χ2v) is 4.53. The maximum absolute atomic E-state index is 12.2. The quantitative estimate of drug-likeness (QED) is 0.747. The van der Waals surface area contributed by atoms with Gasteiger partial charge in [-0.3, -0.25) is 9.78 Å². The Kier molecular flexibility index (Phi) is 4.24. The Bertz CT molecular complexity index is 493. The minimum absolute atomic E-state index is 0.0487. The molecule has 2 nitrogen and oxygen atoms in total. The summed E-state index contributed by atoms with van der Waals surface area (Å²) in [6.45, 7) is 1.99. The third kappa shape index (κ3) is 3.27. The van der Waals surface area contributed by atoms with E-state index in [1.54, 1.807) is 6.20 Å². The Labute approximate surface area is 108 Å². The lowest BCUT2D eigenvalue weighted by atomic mass is 9.94. The molecule has 0 saturated heterocycles. The lowest BCUT2D eigenvalue weighted by molar-refractivity contribution is 0.0924. The molecule has 0 aliphatic carbocycles. The van der Waals surface area contributed by atoms with E-state index in [4.69, 9.17) is 0 Å². The number of carbonyl (C=O) groups is 1. The van der Waals surface area contributed by atoms with Crippen LogP contribution in [-0.2, 0) is 6.42 Å². The van der Waals surface area contributed by atoms with Crippen molar-refractivity contribution in [1.82, 2.24) is 4.98 Å². The molecule has 0 radical (unpaired) electrons. The van der Waals surface area contributed by atoms with Crippen LogP contribution in [0.1, 0.15) is 29.3 Å². The van der Waals surface area contributed by atoms with Gasteiger partial charge in [0.1, 0.15) is 0 Å². The molecule has 1 aromatic heterocycles. The van der Waals surface area contributed by atoms with Crippen molar-refractivity contribution < 1.29 is 4.79 Å². The van der Waals surface area contributed by atoms with Crippen LogP contribution in [0.3, 0.4) is 0 Å². The van der Waals surface area contributed by atoms with Crippen molar-refractivity contribution in [2.45, 2.75) is 19.8 Å². The summed E-state index contributed by atoms with van der Waals surface area (Å²) in [4.78, 5) is 16.2. The summed E-state index contributed by atoms with van der Waals surface area (Å²) in [6.07, 6.45) is 5.38. The molecule has 1 aromatic carbocycles. The molecule has 1 atom stereocenters. The number of hydrogen-bond donors (Lipinski definition) is 0. The van der Waals surface area contributed by atoms with Crippen LogP contribution in [0.25, 0.3) is 0 Å². The summed E-state index contributed by atoms with van der Waals surface area (Å²) >= 11 is 0. The van der Waals surface area contributed by atoms with E-state index in [1.165, 1.54) is 5.56 Å². The Morgan fingerprint density at radius 2 is 1.94 bits per heavy atom. The van der Waals surface area contributed by atoms with Crippen LogP contribution in [0.15, 0.2) is 54.9 Å². The maximum Gasteiger partial charge on any atom is 0.165 e. The van der Waals surface area contributed by atoms with Gasteiger partial charge in [-0.1, -0.05) is 43.3 Å². The van der Waals surface area contributed by atoms with E-state index in [2.05, 4.69) is 4.98 Å². The van der Waals surface area contributed by atoms with Crippen LogP contribution in [0.4, 0.5) is 0 Å². The third-order valence-corrected chi connectivity index (χ3v) is 3.09. The van der Waals surface area contributed by atoms with E-state index >= 15 is 0 Å². The predicted molar refractivity (Wildman–Crippen MR) is 72.5 cm³/mol. The molecular formula is C16H17NO. The topological polar surface area (TPSA) is 30.0 Å². The van der Waals surface area contributed by atoms with Gasteiger partial charge in [0, 0.05) is 23.9 Å². The maximum atomic E-state index is 12.2. The Morgan fingerprint density at radius 1 is 1.17 bits per heavy atom. The molecule has 2 heteroatoms. The number of ketones is 1. The molecule has 2 aromatic rings. The van der Waals surface area contributed by atoms with E-state index in [0.29, 0.717) is 0 Å². The van der Waals surface area contributed by atoms with Gasteiger partial charge in [0.15, 0.2) is 5.78 Å². The fraction of sp³-hybridized carbons (Fsp3) is 0.250. The van der Waals surface area contributed by atoms with E-state index in [1.807, 2.05) is 55.6 Å². The second kappa shape index (κ2) is 6.10. The van der Waals surface area contributed by atoms with Crippen LogP contribution in [0.5, 0.6) is 0 Å². The van der Waals surface area contributed by atoms with Crippen molar-refractivity contribution in [3.05, 3.63) is 66.0 Å². The lowest BCUT2D eigenvalue weighted by Crippen LogP contribution is -2.12. The fourth-order valence-corrected chi connectivity index (χ4v) is 1.95. The molecule has 92 valence electrons. The van der Waals surface area contributed by atoms with Crippen LogP contribution in [0, 0.1) is 5.92 Å². The molecule has 0 saturated carbocycles. The van der Waals surface area contributed by atoms with Crippen molar-refractivity contribution >= 4 is 5.78 Å². The Balaban J connectivity index is 1.93. The van der Waals surface area contributed by atoms with Crippen molar-refractivity contribution in [3.63, 3.8) is 0 Å². The number of aromatic nitrogens is 1. The largest absolute Gasteiger partial charge is 0.294 e. The molecule has 0 amide bonds. The van der Waals surface area contributed by atoms with Crippen LogP contribution < -0.4 is 0 Å². The van der Waals surface area contributed by atoms with Gasteiger partial charge in [-0.25, -0.2) is 0 Å². The highest BCUT2D eigenvalue weighted by molar-refractivity contribution is 5.97. The lowest BCUT2D eigenvalue weighted by Gasteiger charge is -2.10. The summed E-state index contributed by atoms with van der Waals surface area (Å²) in [5.41, 5.74) is 1.99. The predicted octanol–water partition coefficient (Wildman–Crippen LogP) is 3.53. The number of pyridine rings is 1. The van der Waals surface area contributed by atoms with Crippen LogP contribution >= 0.6 is 0 Å². The fourth-order valence-electron chi connectivity index (χ4n) is 1.95. The average molecular weight is 239 g/mol. The molecule has 2 rings (SSSR count). The molecule has 0 fully saturated rings. The van der Waals surface area contributed by atoms with Gasteiger partial charge in [0.05, 0.1) is 0 Å². The average Bonchev–Trinajstić information content (AvgIpc) is 2.46. The van der Waals surface area contributed by atoms with E-state index in [-0.39, 0.29) is 11.7 Å². The first-order valence-electron chi connectivity index (χ1n) is 6.25. The zero-order valence-corrected chi connectivity index (χ0v) is 10.5. The summed E-state index contributed by atoms with van der Waals surface area (Å²) in [6, 6.07) is 13.5. The Morgan fingerprint density at radius 3 is 2.61 bits per heavy atom. The minimum atomic E-state index is 0.0487. The number of nitrogens with zero attached hydrogens (tertiary/aromatic N) is 1. The number of carbonyl (C=O) groups excluding carboxylic acids is 1. The first-order chi connectivity index (χ1) is 8.77. The highest BCUT2D eigenvalue weighted by Crippen LogP contribution is 2.14. The standard InChI is InChI=1S/C16H17NO/c1-13(9-10-14-6-5-11-17-12-14)16(18)15-7-3-2-4-8-15/h2-8,11-13H,9-10H2,1H3. The van der Waals surface area contributed by atoms with E-state index in [0.717, 1.165) is 18.4 Å². The zero-order chi connectivity index (χ0) is 12.8. The van der Waals surface area contributed by atoms with Gasteiger partial charge in [0.25, 0.3) is 0 Å². The van der Waals surface area contributed by atoms with Gasteiger partial charge in [-0.2, -0.15) is 0 Å². The van der Waals surface area contributed by atoms with Crippen LogP contribution in [-0.4, -0.2) is 10.8 Å². The zero-order valence-electron chi connectivity index (χ0n) is 10.5. The second-order valence-electron chi connectivity index (χ2n) is 4.53. The van der Waals surface area contributed by atoms with Crippen LogP contribution in [0.2, 0.25) is 0 Å². The molecule has 0 bridgehead atoms. The molecule has 0 spiro atoms. The highest BCUT2D eigenvalue weighted by atomic mass is 16.1. The normalized spacial score (nSPS) is 12.1. The van der Waals surface area contributed by atoms with Gasteiger partial charge >= 0.3 is 0 Å². The summed E-state index contributed by atoms with van der Waals surface area (Å²) in [5.74, 6) is 0.270. The number of Topliss-reactive ketones (excluding diaryl/α,β-unsaturated/α-hetero) is 1. The molecule has 1 unspecified atom stereocenters. The molecule has 0 aliphatic heterocycles. The minimum Gasteiger partial charge on any atom is -0.294 e. The molecular weight excluding hydrogens is 222 g/mol.